The van der Waals surface area contributed by atoms with Gasteiger partial charge in [0.05, 0.1) is 13.2 Å². The van der Waals surface area contributed by atoms with Gasteiger partial charge in [-0.1, -0.05) is 0 Å². The van der Waals surface area contributed by atoms with Crippen LogP contribution in [0.1, 0.15) is 51.1 Å². The number of anilines is 2. The predicted octanol–water partition coefficient (Wildman–Crippen LogP) is 3.02. The van der Waals surface area contributed by atoms with Gasteiger partial charge in [-0.15, -0.1) is 5.10 Å². The van der Waals surface area contributed by atoms with E-state index in [1.165, 1.54) is 6.33 Å². The van der Waals surface area contributed by atoms with Gasteiger partial charge in [0.2, 0.25) is 0 Å². The van der Waals surface area contributed by atoms with Crippen LogP contribution in [0.3, 0.4) is 0 Å². The van der Waals surface area contributed by atoms with E-state index < -0.39 is 0 Å². The van der Waals surface area contributed by atoms with Crippen molar-refractivity contribution in [3.63, 3.8) is 0 Å². The number of nitrogens with zero attached hydrogens (tertiary/aromatic N) is 5. The normalized spacial score (nSPS) is 22.1. The second kappa shape index (κ2) is 10.1. The molecule has 2 fully saturated rings. The summed E-state index contributed by atoms with van der Waals surface area (Å²) in [6, 6.07) is 2.03. The summed E-state index contributed by atoms with van der Waals surface area (Å²) in [5.41, 5.74) is 2.39. The van der Waals surface area contributed by atoms with Crippen LogP contribution < -0.4 is 15.4 Å². The molecule has 3 aromatic rings. The molecule has 3 aromatic heterocycles. The van der Waals surface area contributed by atoms with E-state index in [9.17, 15) is 4.79 Å². The Labute approximate surface area is 203 Å². The monoisotopic (exact) mass is 484 g/mol. The molecule has 1 aliphatic carbocycles. The summed E-state index contributed by atoms with van der Waals surface area (Å²) in [6.07, 6.45) is 4.55. The van der Waals surface area contributed by atoms with Gasteiger partial charge < -0.3 is 24.8 Å². The summed E-state index contributed by atoms with van der Waals surface area (Å²) in [6.45, 7) is 5.86. The summed E-state index contributed by atoms with van der Waals surface area (Å²) < 4.78 is 18.7. The lowest BCUT2D eigenvalue weighted by molar-refractivity contribution is 0.0981. The Morgan fingerprint density at radius 2 is 2.20 bits per heavy atom. The number of hydrogen-bond donors (Lipinski definition) is 3. The number of ether oxygens (including phenoxy) is 3. The summed E-state index contributed by atoms with van der Waals surface area (Å²) >= 11 is 0. The van der Waals surface area contributed by atoms with Gasteiger partial charge in [0.15, 0.2) is 17.2 Å². The molecule has 35 heavy (non-hydrogen) atoms. The summed E-state index contributed by atoms with van der Waals surface area (Å²) in [7, 11) is 1.84. The standard InChI is InChI=1S/C23H32N8O4/c1-13(2)26-23(32)35-16-5-4-15(8-16)17-9-18(29-28-17)27-21-20-19(24-12-25-21)22(30-31(20)3)34-11-14-6-7-33-10-14/h9,12-16H,4-8,10-11H2,1-3H3,(H,26,32)(H2,24,25,27,28,29). The molecule has 3 unspecified atom stereocenters. The molecule has 5 rings (SSSR count). The van der Waals surface area contributed by atoms with Gasteiger partial charge >= 0.3 is 6.09 Å². The topological polar surface area (TPSA) is 141 Å². The second-order valence-electron chi connectivity index (χ2n) is 9.56. The van der Waals surface area contributed by atoms with Crippen molar-refractivity contribution in [2.75, 3.05) is 25.1 Å². The number of alkyl carbamates (subject to hydrolysis) is 1. The van der Waals surface area contributed by atoms with Gasteiger partial charge in [-0.05, 0) is 39.5 Å². The van der Waals surface area contributed by atoms with Crippen molar-refractivity contribution in [1.29, 1.82) is 0 Å². The number of rotatable bonds is 8. The van der Waals surface area contributed by atoms with E-state index >= 15 is 0 Å². The largest absolute Gasteiger partial charge is 0.475 e. The van der Waals surface area contributed by atoms with E-state index in [4.69, 9.17) is 14.2 Å². The first-order valence-electron chi connectivity index (χ1n) is 12.1. The lowest BCUT2D eigenvalue weighted by atomic mass is 10.0. The molecule has 3 atom stereocenters. The number of aryl methyl sites for hydroxylation is 1. The van der Waals surface area contributed by atoms with Crippen molar-refractivity contribution in [1.82, 2.24) is 35.3 Å². The molecular formula is C23H32N8O4. The highest BCUT2D eigenvalue weighted by Gasteiger charge is 2.30. The average molecular weight is 485 g/mol. The number of nitrogens with one attached hydrogen (secondary N) is 3. The van der Waals surface area contributed by atoms with Crippen molar-refractivity contribution in [2.24, 2.45) is 13.0 Å². The summed E-state index contributed by atoms with van der Waals surface area (Å²) in [5.74, 6) is 2.35. The molecule has 12 heteroatoms. The Hall–Kier alpha value is -3.41. The number of amides is 1. The van der Waals surface area contributed by atoms with Crippen LogP contribution in [0, 0.1) is 5.92 Å². The third-order valence-corrected chi connectivity index (χ3v) is 6.42. The summed E-state index contributed by atoms with van der Waals surface area (Å²) in [4.78, 5) is 20.7. The smallest absolute Gasteiger partial charge is 0.407 e. The molecule has 2 aliphatic rings. The number of carbonyl (C=O) groups is 1. The van der Waals surface area contributed by atoms with Gasteiger partial charge in [-0.2, -0.15) is 5.10 Å². The molecule has 1 saturated heterocycles. The van der Waals surface area contributed by atoms with Crippen molar-refractivity contribution in [3.05, 3.63) is 18.1 Å². The zero-order valence-electron chi connectivity index (χ0n) is 20.3. The minimum Gasteiger partial charge on any atom is -0.475 e. The molecule has 1 aliphatic heterocycles. The Balaban J connectivity index is 1.24. The molecule has 12 nitrogen and oxygen atoms in total. The first kappa shape index (κ1) is 23.3. The number of carbonyl (C=O) groups excluding carboxylic acids is 1. The molecule has 4 heterocycles. The van der Waals surface area contributed by atoms with Crippen molar-refractivity contribution < 1.29 is 19.0 Å². The minimum absolute atomic E-state index is 0.0539. The highest BCUT2D eigenvalue weighted by molar-refractivity contribution is 5.90. The van der Waals surface area contributed by atoms with Gasteiger partial charge in [0, 0.05) is 43.3 Å². The zero-order chi connectivity index (χ0) is 24.4. The van der Waals surface area contributed by atoms with E-state index in [0.29, 0.717) is 42.2 Å². The summed E-state index contributed by atoms with van der Waals surface area (Å²) in [5, 5.41) is 18.1. The lowest BCUT2D eigenvalue weighted by Crippen LogP contribution is -2.33. The second-order valence-corrected chi connectivity index (χ2v) is 9.56. The SMILES string of the molecule is CC(C)NC(=O)OC1CCC(c2cc(Nc3ncnc4c(OCC5CCOC5)nn(C)c34)n[nH]2)C1. The van der Waals surface area contributed by atoms with Crippen LogP contribution in [0.5, 0.6) is 5.88 Å². The van der Waals surface area contributed by atoms with E-state index in [-0.39, 0.29) is 24.2 Å². The van der Waals surface area contributed by atoms with Crippen LogP contribution in [-0.4, -0.2) is 68.0 Å². The van der Waals surface area contributed by atoms with Crippen LogP contribution in [0.4, 0.5) is 16.4 Å². The fraction of sp³-hybridized carbons (Fsp3) is 0.609. The highest BCUT2D eigenvalue weighted by Crippen LogP contribution is 2.36. The van der Waals surface area contributed by atoms with Crippen LogP contribution in [0.2, 0.25) is 0 Å². The van der Waals surface area contributed by atoms with Gasteiger partial charge in [-0.25, -0.2) is 14.8 Å². The predicted molar refractivity (Wildman–Crippen MR) is 128 cm³/mol. The Morgan fingerprint density at radius 1 is 1.31 bits per heavy atom. The van der Waals surface area contributed by atoms with Crippen molar-refractivity contribution in [3.8, 4) is 5.88 Å². The first-order chi connectivity index (χ1) is 17.0. The lowest BCUT2D eigenvalue weighted by Gasteiger charge is -2.14. The maximum absolute atomic E-state index is 11.9. The molecular weight excluding hydrogens is 452 g/mol. The fourth-order valence-electron chi connectivity index (χ4n) is 4.66. The minimum atomic E-state index is -0.360. The number of aromatic nitrogens is 6. The molecule has 0 aromatic carbocycles. The van der Waals surface area contributed by atoms with E-state index in [1.807, 2.05) is 27.0 Å². The maximum Gasteiger partial charge on any atom is 0.407 e. The molecule has 188 valence electrons. The Bertz CT molecular complexity index is 1170. The third kappa shape index (κ3) is 5.31. The van der Waals surface area contributed by atoms with Gasteiger partial charge in [0.1, 0.15) is 17.9 Å². The van der Waals surface area contributed by atoms with Gasteiger partial charge in [-0.3, -0.25) is 9.78 Å². The molecule has 3 N–H and O–H groups in total. The van der Waals surface area contributed by atoms with Crippen LogP contribution in [0.25, 0.3) is 11.0 Å². The Morgan fingerprint density at radius 3 is 3.00 bits per heavy atom. The zero-order valence-corrected chi connectivity index (χ0v) is 20.3. The number of fused-ring (bicyclic) bond motifs is 1. The fourth-order valence-corrected chi connectivity index (χ4v) is 4.66. The molecule has 0 radical (unpaired) electrons. The van der Waals surface area contributed by atoms with E-state index in [1.54, 1.807) is 4.68 Å². The number of H-pyrrole nitrogens is 1. The van der Waals surface area contributed by atoms with E-state index in [0.717, 1.165) is 43.5 Å². The number of aromatic amines is 1. The molecule has 1 saturated carbocycles. The number of hydrogen-bond acceptors (Lipinski definition) is 9. The van der Waals surface area contributed by atoms with E-state index in [2.05, 4.69) is 35.9 Å². The van der Waals surface area contributed by atoms with Gasteiger partial charge in [0.25, 0.3) is 5.88 Å². The highest BCUT2D eigenvalue weighted by atomic mass is 16.6. The van der Waals surface area contributed by atoms with Crippen molar-refractivity contribution in [2.45, 2.75) is 57.6 Å². The van der Waals surface area contributed by atoms with Crippen LogP contribution in [0.15, 0.2) is 12.4 Å². The van der Waals surface area contributed by atoms with Crippen LogP contribution >= 0.6 is 0 Å². The quantitative estimate of drug-likeness (QED) is 0.440. The van der Waals surface area contributed by atoms with Crippen molar-refractivity contribution >= 4 is 28.8 Å². The average Bonchev–Trinajstić information content (AvgIpc) is 3.60. The van der Waals surface area contributed by atoms with Crippen LogP contribution in [-0.2, 0) is 16.5 Å². The maximum atomic E-state index is 11.9. The molecule has 0 spiro atoms. The third-order valence-electron chi connectivity index (χ3n) is 6.42. The molecule has 0 bridgehead atoms. The first-order valence-corrected chi connectivity index (χ1v) is 12.1. The molecule has 1 amide bonds. The Kier molecular flexibility index (Phi) is 6.71.